The summed E-state index contributed by atoms with van der Waals surface area (Å²) in [6.07, 6.45) is 2.13. The van der Waals surface area contributed by atoms with E-state index in [4.69, 9.17) is 0 Å². The molecule has 0 spiro atoms. The Morgan fingerprint density at radius 3 is 2.48 bits per heavy atom. The fourth-order valence-corrected chi connectivity index (χ4v) is 3.55. The molecule has 1 nitrogen and oxygen atoms in total. The molecule has 1 N–H and O–H groups in total. The van der Waals surface area contributed by atoms with Gasteiger partial charge >= 0.3 is 0 Å². The summed E-state index contributed by atoms with van der Waals surface area (Å²) >= 11 is 9.57. The zero-order valence-electron chi connectivity index (χ0n) is 11.9. The molecular weight excluding hydrogens is 505 g/mol. The van der Waals surface area contributed by atoms with Crippen LogP contribution in [0.5, 0.6) is 0 Å². The van der Waals surface area contributed by atoms with Gasteiger partial charge in [-0.1, -0.05) is 50.9 Å². The minimum Gasteiger partial charge on any atom is -0.310 e. The molecular formula is C17H18Br2IN. The summed E-state index contributed by atoms with van der Waals surface area (Å²) in [6.45, 7) is 3.23. The van der Waals surface area contributed by atoms with Gasteiger partial charge in [-0.15, -0.1) is 0 Å². The molecule has 0 heterocycles. The molecule has 2 aromatic rings. The zero-order chi connectivity index (χ0) is 15.2. The molecule has 0 aliphatic heterocycles. The van der Waals surface area contributed by atoms with Gasteiger partial charge in [0.25, 0.3) is 0 Å². The van der Waals surface area contributed by atoms with Gasteiger partial charge in [0, 0.05) is 18.6 Å². The highest BCUT2D eigenvalue weighted by molar-refractivity contribution is 14.1. The summed E-state index contributed by atoms with van der Waals surface area (Å²) in [6, 6.07) is 15.4. The molecule has 0 aliphatic carbocycles. The third-order valence-corrected chi connectivity index (χ3v) is 5.25. The molecule has 0 fully saturated rings. The molecule has 1 atom stereocenters. The van der Waals surface area contributed by atoms with E-state index in [2.05, 4.69) is 109 Å². The molecule has 0 radical (unpaired) electrons. The summed E-state index contributed by atoms with van der Waals surface area (Å²) in [5.41, 5.74) is 2.68. The Morgan fingerprint density at radius 2 is 1.81 bits per heavy atom. The van der Waals surface area contributed by atoms with Gasteiger partial charge in [-0.25, -0.2) is 0 Å². The van der Waals surface area contributed by atoms with Crippen LogP contribution in [0.1, 0.15) is 30.5 Å². The van der Waals surface area contributed by atoms with Gasteiger partial charge in [-0.2, -0.15) is 0 Å². The minimum atomic E-state index is 0.329. The molecule has 0 aromatic heterocycles. The van der Waals surface area contributed by atoms with Crippen molar-refractivity contribution in [3.05, 3.63) is 66.1 Å². The highest BCUT2D eigenvalue weighted by atomic mass is 127. The van der Waals surface area contributed by atoms with E-state index in [1.807, 2.05) is 0 Å². The van der Waals surface area contributed by atoms with E-state index >= 15 is 0 Å². The molecule has 2 rings (SSSR count). The average Bonchev–Trinajstić information content (AvgIpc) is 2.48. The fourth-order valence-electron chi connectivity index (χ4n) is 2.25. The van der Waals surface area contributed by atoms with Crippen LogP contribution >= 0.6 is 54.5 Å². The van der Waals surface area contributed by atoms with Crippen molar-refractivity contribution in [3.8, 4) is 0 Å². The largest absolute Gasteiger partial charge is 0.310 e. The van der Waals surface area contributed by atoms with Crippen LogP contribution in [0.4, 0.5) is 0 Å². The van der Waals surface area contributed by atoms with Gasteiger partial charge in [0.05, 0.1) is 0 Å². The molecule has 112 valence electrons. The van der Waals surface area contributed by atoms with Crippen molar-refractivity contribution in [2.45, 2.75) is 25.8 Å². The Labute approximate surface area is 157 Å². The van der Waals surface area contributed by atoms with Gasteiger partial charge in [-0.3, -0.25) is 0 Å². The lowest BCUT2D eigenvalue weighted by Gasteiger charge is -2.21. The third kappa shape index (κ3) is 5.34. The second-order valence-electron chi connectivity index (χ2n) is 5.00. The minimum absolute atomic E-state index is 0.329. The van der Waals surface area contributed by atoms with Crippen molar-refractivity contribution in [3.63, 3.8) is 0 Å². The van der Waals surface area contributed by atoms with Gasteiger partial charge in [0.15, 0.2) is 0 Å². The second kappa shape index (κ2) is 8.65. The Hall–Kier alpha value is 0.0900. The van der Waals surface area contributed by atoms with Crippen molar-refractivity contribution < 1.29 is 0 Å². The van der Waals surface area contributed by atoms with Crippen molar-refractivity contribution in [2.24, 2.45) is 0 Å². The summed E-state index contributed by atoms with van der Waals surface area (Å²) in [5.74, 6) is 0. The zero-order valence-corrected chi connectivity index (χ0v) is 17.2. The first kappa shape index (κ1) is 17.4. The van der Waals surface area contributed by atoms with E-state index in [9.17, 15) is 0 Å². The van der Waals surface area contributed by atoms with Crippen LogP contribution in [0.15, 0.2) is 51.4 Å². The number of hydrogen-bond donors (Lipinski definition) is 1. The van der Waals surface area contributed by atoms with Crippen molar-refractivity contribution in [2.75, 3.05) is 6.54 Å². The second-order valence-corrected chi connectivity index (χ2v) is 8.02. The lowest BCUT2D eigenvalue weighted by atomic mass is 9.99. The lowest BCUT2D eigenvalue weighted by molar-refractivity contribution is 0.527. The van der Waals surface area contributed by atoms with Crippen LogP contribution in [0.2, 0.25) is 0 Å². The van der Waals surface area contributed by atoms with Crippen LogP contribution < -0.4 is 5.32 Å². The summed E-state index contributed by atoms with van der Waals surface area (Å²) in [7, 11) is 0. The SMILES string of the molecule is CCCNC(Cc1ccc(Br)cc1)c1cc(I)ccc1Br. The number of rotatable bonds is 6. The highest BCUT2D eigenvalue weighted by Crippen LogP contribution is 2.28. The first-order valence-electron chi connectivity index (χ1n) is 7.03. The Balaban J connectivity index is 2.25. The first-order chi connectivity index (χ1) is 10.1. The first-order valence-corrected chi connectivity index (χ1v) is 9.69. The molecule has 0 amide bonds. The molecule has 1 unspecified atom stereocenters. The van der Waals surface area contributed by atoms with Gasteiger partial charge in [0.1, 0.15) is 0 Å². The summed E-state index contributed by atoms with van der Waals surface area (Å²) < 4.78 is 3.57. The van der Waals surface area contributed by atoms with Crippen molar-refractivity contribution in [1.82, 2.24) is 5.32 Å². The Morgan fingerprint density at radius 1 is 1.10 bits per heavy atom. The van der Waals surface area contributed by atoms with Crippen LogP contribution in [-0.4, -0.2) is 6.54 Å². The number of hydrogen-bond acceptors (Lipinski definition) is 1. The van der Waals surface area contributed by atoms with Crippen LogP contribution in [0.25, 0.3) is 0 Å². The quantitative estimate of drug-likeness (QED) is 0.452. The Bertz CT molecular complexity index is 584. The maximum atomic E-state index is 3.70. The number of halogens is 3. The standard InChI is InChI=1S/C17H18Br2IN/c1-2-9-21-17(10-12-3-5-13(18)6-4-12)15-11-14(20)7-8-16(15)19/h3-8,11,17,21H,2,9-10H2,1H3. The molecule has 4 heteroatoms. The topological polar surface area (TPSA) is 12.0 Å². The lowest BCUT2D eigenvalue weighted by Crippen LogP contribution is -2.24. The van der Waals surface area contributed by atoms with Gasteiger partial charge < -0.3 is 5.32 Å². The van der Waals surface area contributed by atoms with Crippen LogP contribution in [-0.2, 0) is 6.42 Å². The maximum absolute atomic E-state index is 3.70. The molecule has 2 aromatic carbocycles. The maximum Gasteiger partial charge on any atom is 0.0372 e. The van der Waals surface area contributed by atoms with E-state index in [1.165, 1.54) is 19.2 Å². The third-order valence-electron chi connectivity index (χ3n) is 3.33. The van der Waals surface area contributed by atoms with E-state index in [1.54, 1.807) is 0 Å². The molecule has 0 saturated carbocycles. The highest BCUT2D eigenvalue weighted by Gasteiger charge is 2.15. The van der Waals surface area contributed by atoms with Gasteiger partial charge in [0.2, 0.25) is 0 Å². The predicted octanol–water partition coefficient (Wildman–Crippen LogP) is 6.10. The van der Waals surface area contributed by atoms with E-state index in [0.717, 1.165) is 23.9 Å². The van der Waals surface area contributed by atoms with Gasteiger partial charge in [-0.05, 0) is 83.4 Å². The number of nitrogens with one attached hydrogen (secondary N) is 1. The Kier molecular flexibility index (Phi) is 7.19. The summed E-state index contributed by atoms with van der Waals surface area (Å²) in [5, 5.41) is 3.67. The van der Waals surface area contributed by atoms with E-state index < -0.39 is 0 Å². The summed E-state index contributed by atoms with van der Waals surface area (Å²) in [4.78, 5) is 0. The fraction of sp³-hybridized carbons (Fsp3) is 0.294. The van der Waals surface area contributed by atoms with E-state index in [-0.39, 0.29) is 0 Å². The molecule has 0 aliphatic rings. The smallest absolute Gasteiger partial charge is 0.0372 e. The molecule has 21 heavy (non-hydrogen) atoms. The van der Waals surface area contributed by atoms with E-state index in [0.29, 0.717) is 6.04 Å². The van der Waals surface area contributed by atoms with Crippen LogP contribution in [0, 0.1) is 3.57 Å². The monoisotopic (exact) mass is 521 g/mol. The van der Waals surface area contributed by atoms with Crippen LogP contribution in [0.3, 0.4) is 0 Å². The average molecular weight is 523 g/mol. The molecule has 0 saturated heterocycles. The van der Waals surface area contributed by atoms with Crippen molar-refractivity contribution >= 4 is 54.5 Å². The molecule has 0 bridgehead atoms. The number of benzene rings is 2. The van der Waals surface area contributed by atoms with Crippen molar-refractivity contribution in [1.29, 1.82) is 0 Å². The normalized spacial score (nSPS) is 12.4. The predicted molar refractivity (Wildman–Crippen MR) is 106 cm³/mol.